The molecule has 3 rings (SSSR count). The molecular weight excluding hydrogens is 440 g/mol. The first-order valence-corrected chi connectivity index (χ1v) is 11.6. The molecule has 1 aromatic heterocycles. The van der Waals surface area contributed by atoms with Crippen LogP contribution < -0.4 is 20.7 Å². The van der Waals surface area contributed by atoms with Crippen LogP contribution in [-0.4, -0.2) is 48.4 Å². The quantitative estimate of drug-likeness (QED) is 0.342. The average molecular weight is 473 g/mol. The van der Waals surface area contributed by atoms with Gasteiger partial charge in [-0.15, -0.1) is 12.6 Å². The van der Waals surface area contributed by atoms with Crippen molar-refractivity contribution in [3.63, 3.8) is 0 Å². The van der Waals surface area contributed by atoms with Crippen molar-refractivity contribution < 1.29 is 19.1 Å². The van der Waals surface area contributed by atoms with Crippen LogP contribution in [0.4, 0.5) is 0 Å². The average Bonchev–Trinajstić information content (AvgIpc) is 3.38. The summed E-state index contributed by atoms with van der Waals surface area (Å²) in [5.41, 5.74) is 1.11. The van der Waals surface area contributed by atoms with Crippen LogP contribution in [0, 0.1) is 11.8 Å². The van der Waals surface area contributed by atoms with Gasteiger partial charge in [0.1, 0.15) is 17.5 Å². The van der Waals surface area contributed by atoms with Gasteiger partial charge in [-0.25, -0.2) is 0 Å². The molecule has 178 valence electrons. The molecule has 9 heteroatoms. The van der Waals surface area contributed by atoms with Crippen molar-refractivity contribution in [2.24, 2.45) is 11.8 Å². The summed E-state index contributed by atoms with van der Waals surface area (Å²) in [5, 5.41) is 9.38. The lowest BCUT2D eigenvalue weighted by atomic mass is 9.97. The number of ether oxygens (including phenoxy) is 1. The second-order valence-corrected chi connectivity index (χ2v) is 9.40. The molecule has 0 unspecified atom stereocenters. The van der Waals surface area contributed by atoms with E-state index in [-0.39, 0.29) is 29.6 Å². The van der Waals surface area contributed by atoms with Gasteiger partial charge in [-0.1, -0.05) is 26.5 Å². The third-order valence-corrected chi connectivity index (χ3v) is 6.13. The first kappa shape index (κ1) is 24.7. The first-order chi connectivity index (χ1) is 15.7. The van der Waals surface area contributed by atoms with Gasteiger partial charge in [0.2, 0.25) is 11.8 Å². The highest BCUT2D eigenvalue weighted by Gasteiger charge is 2.31. The number of methoxy groups -OCH3 is 1. The maximum atomic E-state index is 13.2. The van der Waals surface area contributed by atoms with E-state index < -0.39 is 12.1 Å². The van der Waals surface area contributed by atoms with E-state index in [1.54, 1.807) is 13.2 Å². The highest BCUT2D eigenvalue weighted by molar-refractivity contribution is 7.84. The molecule has 3 amide bonds. The standard InChI is InChI=1S/C24H32N4O4S/c1-13(2)10-19(23(30)27-18(14(3)33)11-15-8-9-25-22(15)29)28-24(31)20-12-16-17(26-20)6-5-7-21(16)32-4/h5-7,12-13,15,18-19,26,33H,3,8-11H2,1-2,4H3,(H,25,29)(H,27,30)(H,28,31)/t15-,18-,19-/m0/s1. The van der Waals surface area contributed by atoms with E-state index in [1.807, 2.05) is 32.0 Å². The molecule has 0 spiro atoms. The van der Waals surface area contributed by atoms with Crippen LogP contribution in [0.5, 0.6) is 5.75 Å². The maximum Gasteiger partial charge on any atom is 0.268 e. The van der Waals surface area contributed by atoms with Crippen molar-refractivity contribution in [1.82, 2.24) is 20.9 Å². The predicted octanol–water partition coefficient (Wildman–Crippen LogP) is 2.78. The highest BCUT2D eigenvalue weighted by Crippen LogP contribution is 2.26. The third kappa shape index (κ3) is 6.10. The van der Waals surface area contributed by atoms with Crippen LogP contribution in [0.2, 0.25) is 0 Å². The number of thiol groups is 1. The summed E-state index contributed by atoms with van der Waals surface area (Å²) in [7, 11) is 1.57. The van der Waals surface area contributed by atoms with E-state index in [4.69, 9.17) is 4.74 Å². The van der Waals surface area contributed by atoms with Crippen molar-refractivity contribution in [2.75, 3.05) is 13.7 Å². The van der Waals surface area contributed by atoms with Crippen molar-refractivity contribution >= 4 is 41.3 Å². The van der Waals surface area contributed by atoms with Gasteiger partial charge in [0, 0.05) is 23.4 Å². The van der Waals surface area contributed by atoms with E-state index in [0.29, 0.717) is 42.2 Å². The Morgan fingerprint density at radius 3 is 2.64 bits per heavy atom. The molecule has 1 aromatic carbocycles. The van der Waals surface area contributed by atoms with Crippen molar-refractivity contribution in [3.8, 4) is 5.75 Å². The summed E-state index contributed by atoms with van der Waals surface area (Å²) in [6, 6.07) is 6.00. The Bertz CT molecular complexity index is 1050. The van der Waals surface area contributed by atoms with E-state index in [2.05, 4.69) is 40.1 Å². The summed E-state index contributed by atoms with van der Waals surface area (Å²) in [6.45, 7) is 8.46. The van der Waals surface area contributed by atoms with Crippen molar-refractivity contribution in [1.29, 1.82) is 0 Å². The number of nitrogens with one attached hydrogen (secondary N) is 4. The van der Waals surface area contributed by atoms with E-state index in [0.717, 1.165) is 10.9 Å². The minimum Gasteiger partial charge on any atom is -0.496 e. The molecule has 1 aliphatic rings. The first-order valence-electron chi connectivity index (χ1n) is 11.1. The Kier molecular flexibility index (Phi) is 8.07. The van der Waals surface area contributed by atoms with Crippen LogP contribution >= 0.6 is 12.6 Å². The Morgan fingerprint density at radius 2 is 2.03 bits per heavy atom. The van der Waals surface area contributed by atoms with Gasteiger partial charge < -0.3 is 25.7 Å². The molecule has 1 fully saturated rings. The molecule has 8 nitrogen and oxygen atoms in total. The van der Waals surface area contributed by atoms with Gasteiger partial charge in [0.15, 0.2) is 0 Å². The monoisotopic (exact) mass is 472 g/mol. The minimum atomic E-state index is -0.751. The molecule has 33 heavy (non-hydrogen) atoms. The fourth-order valence-electron chi connectivity index (χ4n) is 4.07. The van der Waals surface area contributed by atoms with Crippen LogP contribution in [0.25, 0.3) is 10.9 Å². The van der Waals surface area contributed by atoms with Crippen LogP contribution in [-0.2, 0) is 9.59 Å². The second-order valence-electron chi connectivity index (χ2n) is 8.82. The molecule has 1 saturated heterocycles. The number of hydrogen-bond acceptors (Lipinski definition) is 5. The normalized spacial score (nSPS) is 17.5. The third-order valence-electron chi connectivity index (χ3n) is 5.82. The van der Waals surface area contributed by atoms with Gasteiger partial charge in [-0.2, -0.15) is 0 Å². The zero-order valence-electron chi connectivity index (χ0n) is 19.2. The Hall–Kier alpha value is -2.94. The molecular formula is C24H32N4O4S. The minimum absolute atomic E-state index is 0.0231. The Morgan fingerprint density at radius 1 is 1.27 bits per heavy atom. The summed E-state index contributed by atoms with van der Waals surface area (Å²) < 4.78 is 5.36. The van der Waals surface area contributed by atoms with Gasteiger partial charge >= 0.3 is 0 Å². The topological polar surface area (TPSA) is 112 Å². The van der Waals surface area contributed by atoms with Crippen molar-refractivity contribution in [2.45, 2.75) is 45.2 Å². The number of H-pyrrole nitrogens is 1. The molecule has 4 N–H and O–H groups in total. The number of carbonyl (C=O) groups excluding carboxylic acids is 3. The summed E-state index contributed by atoms with van der Waals surface area (Å²) in [6.07, 6.45) is 1.59. The zero-order valence-corrected chi connectivity index (χ0v) is 20.1. The van der Waals surface area contributed by atoms with E-state index >= 15 is 0 Å². The Balaban J connectivity index is 1.74. The molecule has 2 heterocycles. The summed E-state index contributed by atoms with van der Waals surface area (Å²) >= 11 is 4.34. The van der Waals surface area contributed by atoms with Crippen LogP contribution in [0.15, 0.2) is 35.7 Å². The molecule has 3 atom stereocenters. The number of rotatable bonds is 10. The lowest BCUT2D eigenvalue weighted by Gasteiger charge is -2.25. The zero-order chi connectivity index (χ0) is 24.1. The largest absolute Gasteiger partial charge is 0.496 e. The molecule has 0 saturated carbocycles. The van der Waals surface area contributed by atoms with E-state index in [1.165, 1.54) is 0 Å². The number of aromatic amines is 1. The highest BCUT2D eigenvalue weighted by atomic mass is 32.1. The lowest BCUT2D eigenvalue weighted by Crippen LogP contribution is -2.50. The molecule has 2 aromatic rings. The maximum absolute atomic E-state index is 13.2. The molecule has 0 bridgehead atoms. The Labute approximate surface area is 199 Å². The molecule has 1 aliphatic heterocycles. The fraction of sp³-hybridized carbons (Fsp3) is 0.458. The predicted molar refractivity (Wildman–Crippen MR) is 131 cm³/mol. The number of fused-ring (bicyclic) bond motifs is 1. The van der Waals surface area contributed by atoms with Gasteiger partial charge in [-0.3, -0.25) is 14.4 Å². The number of carbonyl (C=O) groups is 3. The number of benzene rings is 1. The summed E-state index contributed by atoms with van der Waals surface area (Å²) in [4.78, 5) is 41.7. The van der Waals surface area contributed by atoms with Crippen LogP contribution in [0.3, 0.4) is 0 Å². The van der Waals surface area contributed by atoms with Gasteiger partial charge in [-0.05, 0) is 48.3 Å². The fourth-order valence-corrected chi connectivity index (χ4v) is 4.24. The summed E-state index contributed by atoms with van der Waals surface area (Å²) in [5.74, 6) is -0.105. The SMILES string of the molecule is C=C(S)[C@H](C[C@@H]1CCNC1=O)NC(=O)[C@H](CC(C)C)NC(=O)c1cc2c(OC)cccc2[nH]1. The van der Waals surface area contributed by atoms with Crippen molar-refractivity contribution in [3.05, 3.63) is 41.4 Å². The number of aromatic nitrogens is 1. The molecule has 0 radical (unpaired) electrons. The number of hydrogen-bond donors (Lipinski definition) is 5. The van der Waals surface area contributed by atoms with Gasteiger partial charge in [0.05, 0.1) is 13.2 Å². The number of amides is 3. The van der Waals surface area contributed by atoms with E-state index in [9.17, 15) is 14.4 Å². The lowest BCUT2D eigenvalue weighted by molar-refractivity contribution is -0.125. The van der Waals surface area contributed by atoms with Gasteiger partial charge in [0.25, 0.3) is 5.91 Å². The molecule has 0 aliphatic carbocycles. The van der Waals surface area contributed by atoms with Crippen LogP contribution in [0.1, 0.15) is 43.6 Å². The second kappa shape index (κ2) is 10.8. The smallest absolute Gasteiger partial charge is 0.268 e.